The Morgan fingerprint density at radius 2 is 2.00 bits per heavy atom. The highest BCUT2D eigenvalue weighted by molar-refractivity contribution is 5.93. The number of nitrogens with zero attached hydrogens (tertiary/aromatic N) is 2. The number of allylic oxidation sites excluding steroid dienone is 3. The number of aromatic nitrogens is 1. The summed E-state index contributed by atoms with van der Waals surface area (Å²) < 4.78 is 35.6. The topological polar surface area (TPSA) is 89.0 Å². The number of benzene rings is 1. The number of halogens is 2. The number of amides is 1. The monoisotopic (exact) mass is 409 g/mol. The molecule has 1 aromatic carbocycles. The molecule has 1 atom stereocenters. The van der Waals surface area contributed by atoms with Crippen LogP contribution >= 0.6 is 0 Å². The van der Waals surface area contributed by atoms with Crippen molar-refractivity contribution in [2.75, 3.05) is 0 Å². The van der Waals surface area contributed by atoms with E-state index in [1.807, 2.05) is 6.07 Å². The minimum atomic E-state index is -2.01. The van der Waals surface area contributed by atoms with Gasteiger partial charge in [-0.2, -0.15) is 5.26 Å². The number of hydrogen-bond acceptors (Lipinski definition) is 4. The molecule has 0 saturated heterocycles. The molecule has 0 bridgehead atoms. The zero-order chi connectivity index (χ0) is 21.3. The van der Waals surface area contributed by atoms with Crippen molar-refractivity contribution in [3.63, 3.8) is 0 Å². The van der Waals surface area contributed by atoms with Crippen LogP contribution in [-0.2, 0) is 4.79 Å². The molecule has 154 valence electrons. The fourth-order valence-electron chi connectivity index (χ4n) is 4.37. The van der Waals surface area contributed by atoms with Crippen molar-refractivity contribution >= 4 is 16.8 Å². The van der Waals surface area contributed by atoms with Crippen molar-refractivity contribution in [3.8, 4) is 11.8 Å². The van der Waals surface area contributed by atoms with Crippen LogP contribution in [-0.4, -0.2) is 22.7 Å². The maximum Gasteiger partial charge on any atom is 0.244 e. The maximum atomic E-state index is 15.5. The molecule has 1 heterocycles. The standard InChI is InChI=1S/C23H21F2N3O2/c24-17-10-15(22(27)29)11-23(25,12-17)16-4-6-18(7-5-16)30-20-8-9-28-21-14(13-26)2-1-3-19(20)21/h1-3,8-9,11-12,16,18H,4-7,10H2,(H2,27,29). The Bertz CT molecular complexity index is 1100. The molecule has 0 spiro atoms. The zero-order valence-corrected chi connectivity index (χ0v) is 16.3. The highest BCUT2D eigenvalue weighted by Crippen LogP contribution is 2.43. The van der Waals surface area contributed by atoms with Gasteiger partial charge in [0.2, 0.25) is 5.91 Å². The van der Waals surface area contributed by atoms with Gasteiger partial charge < -0.3 is 10.5 Å². The van der Waals surface area contributed by atoms with Gasteiger partial charge in [-0.1, -0.05) is 6.07 Å². The van der Waals surface area contributed by atoms with Gasteiger partial charge in [0.15, 0.2) is 5.67 Å². The lowest BCUT2D eigenvalue weighted by Gasteiger charge is -2.37. The van der Waals surface area contributed by atoms with Crippen LogP contribution in [0.2, 0.25) is 0 Å². The number of rotatable bonds is 4. The first-order valence-electron chi connectivity index (χ1n) is 9.92. The van der Waals surface area contributed by atoms with Crippen molar-refractivity contribution < 1.29 is 18.3 Å². The average Bonchev–Trinajstić information content (AvgIpc) is 2.73. The zero-order valence-electron chi connectivity index (χ0n) is 16.3. The fourth-order valence-corrected chi connectivity index (χ4v) is 4.37. The van der Waals surface area contributed by atoms with E-state index >= 15 is 4.39 Å². The normalized spacial score (nSPS) is 26.4. The summed E-state index contributed by atoms with van der Waals surface area (Å²) in [6, 6.07) is 9.23. The third-order valence-electron chi connectivity index (χ3n) is 5.89. The van der Waals surface area contributed by atoms with Crippen LogP contribution in [0.4, 0.5) is 8.78 Å². The second kappa shape index (κ2) is 7.86. The summed E-state index contributed by atoms with van der Waals surface area (Å²) in [5, 5.41) is 10.0. The molecule has 7 heteroatoms. The summed E-state index contributed by atoms with van der Waals surface area (Å²) in [7, 11) is 0. The van der Waals surface area contributed by atoms with E-state index < -0.39 is 23.3 Å². The Morgan fingerprint density at radius 1 is 1.23 bits per heavy atom. The Balaban J connectivity index is 1.49. The first kappa shape index (κ1) is 20.0. The molecule has 30 heavy (non-hydrogen) atoms. The molecule has 2 aliphatic carbocycles. The van der Waals surface area contributed by atoms with E-state index in [0.717, 1.165) is 11.5 Å². The van der Waals surface area contributed by atoms with E-state index in [1.165, 1.54) is 6.08 Å². The molecular weight excluding hydrogens is 388 g/mol. The molecule has 1 aromatic heterocycles. The van der Waals surface area contributed by atoms with E-state index in [-0.39, 0.29) is 18.1 Å². The third kappa shape index (κ3) is 3.78. The summed E-state index contributed by atoms with van der Waals surface area (Å²) in [6.07, 6.45) is 5.54. The number of nitriles is 1. The number of fused-ring (bicyclic) bond motifs is 1. The lowest BCUT2D eigenvalue weighted by molar-refractivity contribution is -0.114. The van der Waals surface area contributed by atoms with Gasteiger partial charge in [0, 0.05) is 29.5 Å². The van der Waals surface area contributed by atoms with Crippen molar-refractivity contribution in [1.29, 1.82) is 5.26 Å². The number of nitrogens with two attached hydrogens (primary N) is 1. The van der Waals surface area contributed by atoms with E-state index in [0.29, 0.717) is 42.5 Å². The van der Waals surface area contributed by atoms with Gasteiger partial charge in [-0.25, -0.2) is 8.78 Å². The summed E-state index contributed by atoms with van der Waals surface area (Å²) >= 11 is 0. The summed E-state index contributed by atoms with van der Waals surface area (Å²) in [5.41, 5.74) is 4.27. The highest BCUT2D eigenvalue weighted by atomic mass is 19.1. The van der Waals surface area contributed by atoms with E-state index in [4.69, 9.17) is 10.5 Å². The van der Waals surface area contributed by atoms with Crippen LogP contribution in [0.5, 0.6) is 5.75 Å². The summed E-state index contributed by atoms with van der Waals surface area (Å²) in [4.78, 5) is 15.7. The number of ether oxygens (including phenoxy) is 1. The smallest absolute Gasteiger partial charge is 0.244 e. The van der Waals surface area contributed by atoms with Gasteiger partial charge in [-0.05, 0) is 56.0 Å². The van der Waals surface area contributed by atoms with Crippen LogP contribution < -0.4 is 10.5 Å². The molecule has 1 fully saturated rings. The molecule has 0 aliphatic heterocycles. The molecule has 4 rings (SSSR count). The second-order valence-corrected chi connectivity index (χ2v) is 7.84. The molecule has 2 aromatic rings. The first-order valence-corrected chi connectivity index (χ1v) is 9.92. The van der Waals surface area contributed by atoms with Crippen molar-refractivity contribution in [2.24, 2.45) is 11.7 Å². The van der Waals surface area contributed by atoms with Gasteiger partial charge in [-0.3, -0.25) is 9.78 Å². The van der Waals surface area contributed by atoms with Gasteiger partial charge in [0.05, 0.1) is 17.2 Å². The molecular formula is C23H21F2N3O2. The number of primary amides is 1. The SMILES string of the molecule is N#Cc1cccc2c(OC3CCC(C4(F)C=C(F)CC(C(N)=O)=C4)CC3)ccnc12. The van der Waals surface area contributed by atoms with Crippen LogP contribution in [0.1, 0.15) is 37.7 Å². The number of para-hydroxylation sites is 1. The summed E-state index contributed by atoms with van der Waals surface area (Å²) in [5.74, 6) is -1.27. The Hall–Kier alpha value is -3.27. The summed E-state index contributed by atoms with van der Waals surface area (Å²) in [6.45, 7) is 0. The maximum absolute atomic E-state index is 15.5. The van der Waals surface area contributed by atoms with Gasteiger partial charge >= 0.3 is 0 Å². The van der Waals surface area contributed by atoms with Crippen molar-refractivity contribution in [2.45, 2.75) is 43.9 Å². The van der Waals surface area contributed by atoms with Crippen LogP contribution in [0, 0.1) is 17.2 Å². The predicted molar refractivity (Wildman–Crippen MR) is 108 cm³/mol. The van der Waals surface area contributed by atoms with Gasteiger partial charge in [0.1, 0.15) is 17.6 Å². The Morgan fingerprint density at radius 3 is 2.70 bits per heavy atom. The average molecular weight is 409 g/mol. The van der Waals surface area contributed by atoms with Crippen molar-refractivity contribution in [1.82, 2.24) is 4.98 Å². The largest absolute Gasteiger partial charge is 0.490 e. The first-order chi connectivity index (χ1) is 14.4. The molecule has 5 nitrogen and oxygen atoms in total. The van der Waals surface area contributed by atoms with E-state index in [2.05, 4.69) is 11.1 Å². The lowest BCUT2D eigenvalue weighted by atomic mass is 9.74. The molecule has 0 radical (unpaired) electrons. The third-order valence-corrected chi connectivity index (χ3v) is 5.89. The number of pyridine rings is 1. The van der Waals surface area contributed by atoms with E-state index in [9.17, 15) is 14.4 Å². The quantitative estimate of drug-likeness (QED) is 0.809. The molecule has 1 saturated carbocycles. The van der Waals surface area contributed by atoms with Crippen LogP contribution in [0.3, 0.4) is 0 Å². The molecule has 1 amide bonds. The molecule has 1 unspecified atom stereocenters. The second-order valence-electron chi connectivity index (χ2n) is 7.84. The highest BCUT2D eigenvalue weighted by Gasteiger charge is 2.41. The van der Waals surface area contributed by atoms with Crippen LogP contribution in [0.25, 0.3) is 10.9 Å². The predicted octanol–water partition coefficient (Wildman–Crippen LogP) is 4.42. The minimum Gasteiger partial charge on any atom is -0.490 e. The lowest BCUT2D eigenvalue weighted by Crippen LogP contribution is -2.37. The Kier molecular flexibility index (Phi) is 5.25. The molecule has 2 N–H and O–H groups in total. The Labute approximate surface area is 172 Å². The number of hydrogen-bond donors (Lipinski definition) is 1. The molecule has 2 aliphatic rings. The number of carbonyl (C=O) groups is 1. The van der Waals surface area contributed by atoms with Gasteiger partial charge in [-0.15, -0.1) is 0 Å². The fraction of sp³-hybridized carbons (Fsp3) is 0.348. The van der Waals surface area contributed by atoms with Crippen molar-refractivity contribution in [3.05, 3.63) is 59.6 Å². The minimum absolute atomic E-state index is 0.0209. The number of carbonyl (C=O) groups excluding carboxylic acids is 1. The number of alkyl halides is 1. The van der Waals surface area contributed by atoms with E-state index in [1.54, 1.807) is 24.4 Å². The van der Waals surface area contributed by atoms with Crippen LogP contribution in [0.15, 0.2) is 54.0 Å². The van der Waals surface area contributed by atoms with Gasteiger partial charge in [0.25, 0.3) is 0 Å².